The number of aryl methyl sites for hydroxylation is 1. The molecule has 2 rings (SSSR count). The van der Waals surface area contributed by atoms with E-state index in [2.05, 4.69) is 23.8 Å². The molecule has 2 aromatic heterocycles. The number of nitrogens with zero attached hydrogens (tertiary/aromatic N) is 3. The third-order valence-electron chi connectivity index (χ3n) is 1.38. The fourth-order valence-electron chi connectivity index (χ4n) is 0.970. The van der Waals surface area contributed by atoms with Crippen molar-refractivity contribution in [1.29, 1.82) is 0 Å². The summed E-state index contributed by atoms with van der Waals surface area (Å²) in [6.45, 7) is 10.2. The molecular formula is C12H21N3. The summed E-state index contributed by atoms with van der Waals surface area (Å²) >= 11 is 0. The van der Waals surface area contributed by atoms with Crippen LogP contribution >= 0.6 is 0 Å². The van der Waals surface area contributed by atoms with Crippen molar-refractivity contribution in [3.05, 3.63) is 30.5 Å². The lowest BCUT2D eigenvalue weighted by Gasteiger charge is -1.86. The number of imidazole rings is 1. The van der Waals surface area contributed by atoms with Crippen molar-refractivity contribution in [2.24, 2.45) is 0 Å². The Morgan fingerprint density at radius 1 is 1.27 bits per heavy atom. The third-order valence-corrected chi connectivity index (χ3v) is 1.38. The molecule has 15 heavy (non-hydrogen) atoms. The predicted molar refractivity (Wildman–Crippen MR) is 65.0 cm³/mol. The average molecular weight is 207 g/mol. The van der Waals surface area contributed by atoms with Crippen molar-refractivity contribution in [3.8, 4) is 0 Å². The second kappa shape index (κ2) is 7.97. The van der Waals surface area contributed by atoms with Crippen molar-refractivity contribution in [1.82, 2.24) is 14.4 Å². The van der Waals surface area contributed by atoms with Crippen molar-refractivity contribution < 1.29 is 0 Å². The lowest BCUT2D eigenvalue weighted by Crippen LogP contribution is -1.81. The summed E-state index contributed by atoms with van der Waals surface area (Å²) in [5.74, 6) is 0. The van der Waals surface area contributed by atoms with Crippen molar-refractivity contribution in [2.75, 3.05) is 0 Å². The molecule has 0 aliphatic heterocycles. The first-order valence-electron chi connectivity index (χ1n) is 5.53. The van der Waals surface area contributed by atoms with Gasteiger partial charge in [0.1, 0.15) is 0 Å². The number of hydrogen-bond acceptors (Lipinski definition) is 2. The first-order valence-corrected chi connectivity index (χ1v) is 5.53. The zero-order valence-corrected chi connectivity index (χ0v) is 10.4. The molecule has 0 spiro atoms. The highest BCUT2D eigenvalue weighted by Gasteiger charge is 1.92. The maximum absolute atomic E-state index is 4.21. The second-order valence-electron chi connectivity index (χ2n) is 2.93. The molecule has 0 aliphatic carbocycles. The molecule has 0 N–H and O–H groups in total. The van der Waals surface area contributed by atoms with E-state index >= 15 is 0 Å². The molecule has 2 heterocycles. The normalized spacial score (nSPS) is 8.60. The molecule has 0 saturated carbocycles. The summed E-state index contributed by atoms with van der Waals surface area (Å²) in [7, 11) is 0. The first kappa shape index (κ1) is 13.6. The fraction of sp³-hybridized carbons (Fsp3) is 0.500. The van der Waals surface area contributed by atoms with Gasteiger partial charge in [-0.3, -0.25) is 4.98 Å². The Hall–Kier alpha value is -1.38. The van der Waals surface area contributed by atoms with Crippen LogP contribution in [0.5, 0.6) is 0 Å². The fourth-order valence-corrected chi connectivity index (χ4v) is 0.970. The minimum Gasteiger partial charge on any atom is -0.304 e. The first-order chi connectivity index (χ1) is 7.27. The van der Waals surface area contributed by atoms with Crippen LogP contribution in [0, 0.1) is 6.92 Å². The quantitative estimate of drug-likeness (QED) is 0.662. The summed E-state index contributed by atoms with van der Waals surface area (Å²) in [5, 5.41) is 0. The topological polar surface area (TPSA) is 30.2 Å². The highest BCUT2D eigenvalue weighted by molar-refractivity contribution is 5.35. The van der Waals surface area contributed by atoms with Gasteiger partial charge in [0.05, 0.1) is 11.9 Å². The summed E-state index contributed by atoms with van der Waals surface area (Å²) in [4.78, 5) is 8.16. The molecule has 3 heteroatoms. The summed E-state index contributed by atoms with van der Waals surface area (Å²) in [6, 6.07) is 0. The molecule has 2 aromatic rings. The van der Waals surface area contributed by atoms with E-state index < -0.39 is 0 Å². The maximum Gasteiger partial charge on any atom is 0.155 e. The van der Waals surface area contributed by atoms with E-state index in [1.54, 1.807) is 12.4 Å². The van der Waals surface area contributed by atoms with Gasteiger partial charge in [-0.2, -0.15) is 0 Å². The van der Waals surface area contributed by atoms with Gasteiger partial charge in [0.2, 0.25) is 0 Å². The SMILES string of the molecule is CC.CCC.Cc1cn2ccncc2n1. The Bertz CT molecular complexity index is 333. The summed E-state index contributed by atoms with van der Waals surface area (Å²) < 4.78 is 1.95. The van der Waals surface area contributed by atoms with E-state index in [4.69, 9.17) is 0 Å². The van der Waals surface area contributed by atoms with Gasteiger partial charge in [-0.15, -0.1) is 0 Å². The molecule has 0 atom stereocenters. The van der Waals surface area contributed by atoms with Gasteiger partial charge in [-0.05, 0) is 6.92 Å². The molecule has 0 aromatic carbocycles. The van der Waals surface area contributed by atoms with E-state index in [-0.39, 0.29) is 0 Å². The van der Waals surface area contributed by atoms with Gasteiger partial charge in [0.25, 0.3) is 0 Å². The largest absolute Gasteiger partial charge is 0.304 e. The zero-order chi connectivity index (χ0) is 11.7. The van der Waals surface area contributed by atoms with Crippen LogP contribution in [0.25, 0.3) is 5.65 Å². The Balaban J connectivity index is 0.000000342. The molecule has 0 amide bonds. The zero-order valence-electron chi connectivity index (χ0n) is 10.4. The Kier molecular flexibility index (Phi) is 7.24. The molecule has 0 saturated heterocycles. The minimum atomic E-state index is 0.903. The number of hydrogen-bond donors (Lipinski definition) is 0. The Morgan fingerprint density at radius 3 is 2.40 bits per heavy atom. The van der Waals surface area contributed by atoms with Crippen LogP contribution in [-0.2, 0) is 0 Å². The number of rotatable bonds is 0. The van der Waals surface area contributed by atoms with E-state index in [9.17, 15) is 0 Å². The standard InChI is InChI=1S/C7H7N3.C3H8.C2H6/c1-6-5-10-3-2-8-4-7(10)9-6;1-3-2;1-2/h2-5H,1H3;3H2,1-2H3;1-2H3. The minimum absolute atomic E-state index is 0.903. The van der Waals surface area contributed by atoms with Crippen LogP contribution in [0.4, 0.5) is 0 Å². The van der Waals surface area contributed by atoms with Crippen LogP contribution in [0.2, 0.25) is 0 Å². The van der Waals surface area contributed by atoms with E-state index in [0.29, 0.717) is 0 Å². The highest BCUT2D eigenvalue weighted by atomic mass is 15.0. The smallest absolute Gasteiger partial charge is 0.155 e. The van der Waals surface area contributed by atoms with Crippen LogP contribution in [0.15, 0.2) is 24.8 Å². The molecule has 3 nitrogen and oxygen atoms in total. The van der Waals surface area contributed by atoms with E-state index in [1.165, 1.54) is 6.42 Å². The van der Waals surface area contributed by atoms with Gasteiger partial charge in [-0.1, -0.05) is 34.1 Å². The van der Waals surface area contributed by atoms with E-state index in [0.717, 1.165) is 11.3 Å². The summed E-state index contributed by atoms with van der Waals surface area (Å²) in [5.41, 5.74) is 1.92. The van der Waals surface area contributed by atoms with E-state index in [1.807, 2.05) is 37.6 Å². The lowest BCUT2D eigenvalue weighted by molar-refractivity contribution is 1.09. The monoisotopic (exact) mass is 207 g/mol. The lowest BCUT2D eigenvalue weighted by atomic mass is 10.6. The predicted octanol–water partition coefficient (Wildman–Crippen LogP) is 3.48. The Labute approximate surface area is 92.2 Å². The molecular weight excluding hydrogens is 186 g/mol. The molecule has 84 valence electrons. The summed E-state index contributed by atoms with van der Waals surface area (Å²) in [6.07, 6.45) is 8.59. The average Bonchev–Trinajstić information content (AvgIpc) is 2.62. The van der Waals surface area contributed by atoms with Gasteiger partial charge in [-0.25, -0.2) is 4.98 Å². The third kappa shape index (κ3) is 4.58. The van der Waals surface area contributed by atoms with Crippen molar-refractivity contribution in [3.63, 3.8) is 0 Å². The van der Waals surface area contributed by atoms with Crippen LogP contribution in [0.1, 0.15) is 39.8 Å². The van der Waals surface area contributed by atoms with Gasteiger partial charge < -0.3 is 4.40 Å². The second-order valence-corrected chi connectivity index (χ2v) is 2.93. The number of aromatic nitrogens is 3. The van der Waals surface area contributed by atoms with Gasteiger partial charge in [0, 0.05) is 18.6 Å². The van der Waals surface area contributed by atoms with Gasteiger partial charge >= 0.3 is 0 Å². The van der Waals surface area contributed by atoms with Crippen molar-refractivity contribution in [2.45, 2.75) is 41.0 Å². The van der Waals surface area contributed by atoms with Gasteiger partial charge in [0.15, 0.2) is 5.65 Å². The molecule has 0 bridgehead atoms. The number of fused-ring (bicyclic) bond motifs is 1. The maximum atomic E-state index is 4.21. The molecule has 0 radical (unpaired) electrons. The molecule has 0 unspecified atom stereocenters. The molecule has 0 aliphatic rings. The van der Waals surface area contributed by atoms with Crippen LogP contribution < -0.4 is 0 Å². The highest BCUT2D eigenvalue weighted by Crippen LogP contribution is 1.99. The van der Waals surface area contributed by atoms with Crippen LogP contribution in [0.3, 0.4) is 0 Å². The molecule has 0 fully saturated rings. The Morgan fingerprint density at radius 2 is 1.87 bits per heavy atom. The van der Waals surface area contributed by atoms with Crippen molar-refractivity contribution >= 4 is 5.65 Å². The van der Waals surface area contributed by atoms with Crippen LogP contribution in [-0.4, -0.2) is 14.4 Å².